The summed E-state index contributed by atoms with van der Waals surface area (Å²) < 4.78 is 4.86. The van der Waals surface area contributed by atoms with Gasteiger partial charge in [0.25, 0.3) is 0 Å². The molecule has 0 unspecified atom stereocenters. The van der Waals surface area contributed by atoms with E-state index in [9.17, 15) is 9.59 Å². The number of rotatable bonds is 8. The monoisotopic (exact) mass is 290 g/mol. The van der Waals surface area contributed by atoms with E-state index >= 15 is 0 Å². The van der Waals surface area contributed by atoms with Crippen molar-refractivity contribution in [1.29, 1.82) is 0 Å². The molecular formula is C11H22N4O5. The second-order valence-corrected chi connectivity index (χ2v) is 4.16. The predicted octanol–water partition coefficient (Wildman–Crippen LogP) is -0.00830. The van der Waals surface area contributed by atoms with Crippen LogP contribution in [0.1, 0.15) is 26.2 Å². The Hall–Kier alpha value is -2.03. The number of carbonyl (C=O) groups excluding carboxylic acids is 1. The minimum atomic E-state index is -1.03. The molecule has 0 fully saturated rings. The van der Waals surface area contributed by atoms with Crippen LogP contribution in [0.5, 0.6) is 0 Å². The van der Waals surface area contributed by atoms with Crippen LogP contribution in [-0.2, 0) is 9.53 Å². The van der Waals surface area contributed by atoms with Crippen molar-refractivity contribution >= 4 is 17.9 Å². The van der Waals surface area contributed by atoms with Gasteiger partial charge in [0.15, 0.2) is 6.73 Å². The van der Waals surface area contributed by atoms with Gasteiger partial charge >= 0.3 is 12.1 Å². The Balaban J connectivity index is 4.11. The lowest BCUT2D eigenvalue weighted by Crippen LogP contribution is -2.35. The van der Waals surface area contributed by atoms with Gasteiger partial charge < -0.3 is 31.0 Å². The molecule has 0 saturated heterocycles. The fourth-order valence-electron chi connectivity index (χ4n) is 1.38. The summed E-state index contributed by atoms with van der Waals surface area (Å²) in [6.45, 7) is 1.97. The van der Waals surface area contributed by atoms with Gasteiger partial charge in [-0.1, -0.05) is 5.16 Å². The Bertz CT molecular complexity index is 348. The number of oxime groups is 1. The predicted molar refractivity (Wildman–Crippen MR) is 71.5 cm³/mol. The molecule has 0 radical (unpaired) electrons. The van der Waals surface area contributed by atoms with Gasteiger partial charge in [-0.25, -0.2) is 4.79 Å². The average molecular weight is 290 g/mol. The van der Waals surface area contributed by atoms with Gasteiger partial charge in [-0.3, -0.25) is 4.79 Å². The van der Waals surface area contributed by atoms with Crippen molar-refractivity contribution in [3.8, 4) is 0 Å². The number of carboxylic acids is 1. The molecule has 0 spiro atoms. The molecule has 116 valence electrons. The Labute approximate surface area is 117 Å². The van der Waals surface area contributed by atoms with E-state index in [1.165, 1.54) is 7.05 Å². The van der Waals surface area contributed by atoms with Crippen LogP contribution in [0.3, 0.4) is 0 Å². The average Bonchev–Trinajstić information content (AvgIpc) is 2.44. The van der Waals surface area contributed by atoms with E-state index in [2.05, 4.69) is 10.5 Å². The fraction of sp³-hybridized carbons (Fsp3) is 0.727. The molecule has 20 heavy (non-hydrogen) atoms. The van der Waals surface area contributed by atoms with Gasteiger partial charge in [-0.15, -0.1) is 0 Å². The maximum Gasteiger partial charge on any atom is 0.408 e. The lowest BCUT2D eigenvalue weighted by Gasteiger charge is -2.22. The highest BCUT2D eigenvalue weighted by Crippen LogP contribution is 2.03. The van der Waals surface area contributed by atoms with Crippen molar-refractivity contribution in [2.75, 3.05) is 20.3 Å². The molecule has 0 aliphatic rings. The molecule has 0 aliphatic carbocycles. The Kier molecular flexibility index (Phi) is 8.84. The van der Waals surface area contributed by atoms with Crippen LogP contribution in [0.4, 0.5) is 4.79 Å². The smallest absolute Gasteiger partial charge is 0.408 e. The number of hydrogen-bond acceptors (Lipinski definition) is 6. The van der Waals surface area contributed by atoms with E-state index in [-0.39, 0.29) is 6.73 Å². The number of nitrogens with two attached hydrogens (primary N) is 1. The maximum absolute atomic E-state index is 11.0. The highest BCUT2D eigenvalue weighted by atomic mass is 16.6. The van der Waals surface area contributed by atoms with Gasteiger partial charge in [0.05, 0.1) is 0 Å². The zero-order valence-corrected chi connectivity index (χ0v) is 11.7. The van der Waals surface area contributed by atoms with Crippen molar-refractivity contribution in [2.24, 2.45) is 10.9 Å². The number of carboxylic acid groups (broad SMARTS) is 1. The lowest BCUT2D eigenvalue weighted by molar-refractivity contribution is -0.138. The molecule has 0 bridgehead atoms. The first-order chi connectivity index (χ1) is 9.42. The standard InChI is InChI=1S/C11H22N4O5/c1-8(14-19)15(7-20-11(18)13-2)6-4-3-5-9(12)10(16)17/h9,19H,3-7,12H2,1-2H3,(H,13,18)(H,16,17)/t9-/m0/s1. The number of nitrogens with zero attached hydrogens (tertiary/aromatic N) is 2. The van der Waals surface area contributed by atoms with E-state index in [1.54, 1.807) is 11.8 Å². The highest BCUT2D eigenvalue weighted by Gasteiger charge is 2.13. The zero-order chi connectivity index (χ0) is 15.5. The normalized spacial score (nSPS) is 12.7. The largest absolute Gasteiger partial charge is 0.480 e. The van der Waals surface area contributed by atoms with Gasteiger partial charge in [-0.2, -0.15) is 0 Å². The fourth-order valence-corrected chi connectivity index (χ4v) is 1.38. The first-order valence-corrected chi connectivity index (χ1v) is 6.18. The van der Waals surface area contributed by atoms with Gasteiger partial charge in [0.1, 0.15) is 11.9 Å². The summed E-state index contributed by atoms with van der Waals surface area (Å²) in [7, 11) is 1.44. The van der Waals surface area contributed by atoms with Crippen LogP contribution in [0.25, 0.3) is 0 Å². The minimum absolute atomic E-state index is 0.0550. The van der Waals surface area contributed by atoms with Crippen LogP contribution >= 0.6 is 0 Å². The van der Waals surface area contributed by atoms with Crippen LogP contribution in [0.2, 0.25) is 0 Å². The Morgan fingerprint density at radius 2 is 2.10 bits per heavy atom. The van der Waals surface area contributed by atoms with Crippen molar-refractivity contribution in [1.82, 2.24) is 10.2 Å². The van der Waals surface area contributed by atoms with Crippen molar-refractivity contribution in [2.45, 2.75) is 32.2 Å². The van der Waals surface area contributed by atoms with Crippen molar-refractivity contribution < 1.29 is 24.6 Å². The maximum atomic E-state index is 11.0. The molecule has 9 nitrogen and oxygen atoms in total. The SMILES string of the molecule is CNC(=O)OCN(CCCC[C@H](N)C(=O)O)C(C)=NO. The molecule has 0 heterocycles. The number of nitrogens with one attached hydrogen (secondary N) is 1. The first kappa shape index (κ1) is 18.0. The molecule has 9 heteroatoms. The Morgan fingerprint density at radius 1 is 1.45 bits per heavy atom. The quantitative estimate of drug-likeness (QED) is 0.123. The number of carbonyl (C=O) groups is 2. The molecule has 0 saturated carbocycles. The van der Waals surface area contributed by atoms with E-state index in [4.69, 9.17) is 20.8 Å². The molecule has 0 aromatic rings. The lowest BCUT2D eigenvalue weighted by atomic mass is 10.1. The zero-order valence-electron chi connectivity index (χ0n) is 11.7. The number of hydrogen-bond donors (Lipinski definition) is 4. The second kappa shape index (κ2) is 9.84. The second-order valence-electron chi connectivity index (χ2n) is 4.16. The summed E-state index contributed by atoms with van der Waals surface area (Å²) in [6, 6.07) is -0.877. The number of amides is 1. The van der Waals surface area contributed by atoms with Crippen LogP contribution in [0, 0.1) is 0 Å². The van der Waals surface area contributed by atoms with Crippen LogP contribution in [-0.4, -0.2) is 59.5 Å². The topological polar surface area (TPSA) is 137 Å². The molecular weight excluding hydrogens is 268 g/mol. The summed E-state index contributed by atoms with van der Waals surface area (Å²) in [6.07, 6.45) is 0.996. The summed E-state index contributed by atoms with van der Waals surface area (Å²) in [5.41, 5.74) is 5.38. The third-order valence-corrected chi connectivity index (χ3v) is 2.67. The molecule has 0 aromatic carbocycles. The molecule has 0 aromatic heterocycles. The van der Waals surface area contributed by atoms with Crippen molar-refractivity contribution in [3.05, 3.63) is 0 Å². The minimum Gasteiger partial charge on any atom is -0.480 e. The molecule has 1 amide bonds. The highest BCUT2D eigenvalue weighted by molar-refractivity contribution is 5.79. The number of ether oxygens (including phenoxy) is 1. The molecule has 0 aliphatic heterocycles. The number of unbranched alkanes of at least 4 members (excludes halogenated alkanes) is 1. The third kappa shape index (κ3) is 7.41. The number of aliphatic carboxylic acids is 1. The van der Waals surface area contributed by atoms with Gasteiger partial charge in [-0.05, 0) is 26.2 Å². The van der Waals surface area contributed by atoms with E-state index in [1.807, 2.05) is 0 Å². The van der Waals surface area contributed by atoms with E-state index in [0.717, 1.165) is 0 Å². The van der Waals surface area contributed by atoms with E-state index in [0.29, 0.717) is 31.6 Å². The van der Waals surface area contributed by atoms with Gasteiger partial charge in [0, 0.05) is 13.6 Å². The number of alkyl carbamates (subject to hydrolysis) is 1. The molecule has 0 rings (SSSR count). The first-order valence-electron chi connectivity index (χ1n) is 6.18. The van der Waals surface area contributed by atoms with Crippen LogP contribution in [0.15, 0.2) is 5.16 Å². The summed E-state index contributed by atoms with van der Waals surface area (Å²) >= 11 is 0. The van der Waals surface area contributed by atoms with Crippen molar-refractivity contribution in [3.63, 3.8) is 0 Å². The summed E-state index contributed by atoms with van der Waals surface area (Å²) in [4.78, 5) is 23.1. The third-order valence-electron chi connectivity index (χ3n) is 2.67. The van der Waals surface area contributed by atoms with Crippen LogP contribution < -0.4 is 11.1 Å². The number of amidine groups is 1. The van der Waals surface area contributed by atoms with Gasteiger partial charge in [0.2, 0.25) is 0 Å². The summed E-state index contributed by atoms with van der Waals surface area (Å²) in [5.74, 6) is -0.727. The molecule has 1 atom stereocenters. The summed E-state index contributed by atoms with van der Waals surface area (Å²) in [5, 5.41) is 22.7. The van der Waals surface area contributed by atoms with E-state index < -0.39 is 18.1 Å². The Morgan fingerprint density at radius 3 is 2.60 bits per heavy atom. The molecule has 5 N–H and O–H groups in total.